The molecule has 2 heteroatoms. The van der Waals surface area contributed by atoms with Crippen molar-refractivity contribution >= 4 is 8.07 Å². The van der Waals surface area contributed by atoms with E-state index in [1.807, 2.05) is 0 Å². The molecule has 2 rings (SSSR count). The Balaban J connectivity index is 2.03. The van der Waals surface area contributed by atoms with E-state index >= 15 is 0 Å². The molecule has 2 aliphatic rings. The highest BCUT2D eigenvalue weighted by Gasteiger charge is 2.33. The SMILES string of the molecule is C=C[Si](C)(C)CN(C1CCCC1)C1CCCC1. The van der Waals surface area contributed by atoms with E-state index in [0.29, 0.717) is 0 Å². The molecule has 0 spiro atoms. The summed E-state index contributed by atoms with van der Waals surface area (Å²) in [7, 11) is -1.19. The van der Waals surface area contributed by atoms with Crippen LogP contribution in [0, 0.1) is 0 Å². The molecule has 0 amide bonds. The van der Waals surface area contributed by atoms with Crippen LogP contribution in [0.3, 0.4) is 0 Å². The van der Waals surface area contributed by atoms with Crippen LogP contribution in [0.5, 0.6) is 0 Å². The first-order chi connectivity index (χ1) is 8.12. The maximum Gasteiger partial charge on any atom is 0.0854 e. The van der Waals surface area contributed by atoms with Gasteiger partial charge in [-0.15, -0.1) is 12.3 Å². The van der Waals surface area contributed by atoms with Crippen LogP contribution in [0.2, 0.25) is 13.1 Å². The lowest BCUT2D eigenvalue weighted by Crippen LogP contribution is -2.49. The smallest absolute Gasteiger partial charge is 0.0854 e. The summed E-state index contributed by atoms with van der Waals surface area (Å²) in [6, 6.07) is 1.81. The topological polar surface area (TPSA) is 3.24 Å². The van der Waals surface area contributed by atoms with Crippen molar-refractivity contribution in [3.05, 3.63) is 12.3 Å². The minimum atomic E-state index is -1.19. The van der Waals surface area contributed by atoms with Crippen LogP contribution in [-0.2, 0) is 0 Å². The summed E-state index contributed by atoms with van der Waals surface area (Å²) < 4.78 is 0. The zero-order valence-electron chi connectivity index (χ0n) is 11.8. The van der Waals surface area contributed by atoms with Gasteiger partial charge in [-0.25, -0.2) is 0 Å². The van der Waals surface area contributed by atoms with Crippen molar-refractivity contribution in [1.29, 1.82) is 0 Å². The molecule has 0 atom stereocenters. The molecule has 0 aliphatic heterocycles. The lowest BCUT2D eigenvalue weighted by molar-refractivity contribution is 0.162. The Morgan fingerprint density at radius 1 is 1.00 bits per heavy atom. The van der Waals surface area contributed by atoms with Crippen molar-refractivity contribution in [2.45, 2.75) is 76.5 Å². The van der Waals surface area contributed by atoms with E-state index in [-0.39, 0.29) is 0 Å². The van der Waals surface area contributed by atoms with Crippen LogP contribution in [0.4, 0.5) is 0 Å². The fourth-order valence-electron chi connectivity index (χ4n) is 3.56. The molecule has 0 heterocycles. The van der Waals surface area contributed by atoms with Gasteiger partial charge in [0, 0.05) is 12.1 Å². The van der Waals surface area contributed by atoms with Gasteiger partial charge in [-0.05, 0) is 31.9 Å². The van der Waals surface area contributed by atoms with Gasteiger partial charge < -0.3 is 0 Å². The first-order valence-corrected chi connectivity index (χ1v) is 10.8. The first kappa shape index (κ1) is 13.4. The van der Waals surface area contributed by atoms with Gasteiger partial charge in [0.15, 0.2) is 0 Å². The van der Waals surface area contributed by atoms with Crippen LogP contribution < -0.4 is 0 Å². The average Bonchev–Trinajstić information content (AvgIpc) is 2.99. The maximum atomic E-state index is 4.07. The van der Waals surface area contributed by atoms with Crippen LogP contribution >= 0.6 is 0 Å². The molecule has 0 N–H and O–H groups in total. The average molecular weight is 251 g/mol. The lowest BCUT2D eigenvalue weighted by atomic mass is 10.1. The van der Waals surface area contributed by atoms with Gasteiger partial charge in [-0.3, -0.25) is 4.90 Å². The molecule has 0 bridgehead atoms. The second-order valence-electron chi connectivity index (χ2n) is 6.74. The van der Waals surface area contributed by atoms with Crippen molar-refractivity contribution in [2.24, 2.45) is 0 Å². The Labute approximate surface area is 108 Å². The van der Waals surface area contributed by atoms with Crippen molar-refractivity contribution in [2.75, 3.05) is 6.17 Å². The molecule has 2 saturated carbocycles. The van der Waals surface area contributed by atoms with E-state index in [0.717, 1.165) is 12.1 Å². The zero-order valence-corrected chi connectivity index (χ0v) is 12.8. The number of nitrogens with zero attached hydrogens (tertiary/aromatic N) is 1. The minimum absolute atomic E-state index is 0.907. The molecule has 2 aliphatic carbocycles. The van der Waals surface area contributed by atoms with Crippen molar-refractivity contribution in [3.63, 3.8) is 0 Å². The van der Waals surface area contributed by atoms with Crippen molar-refractivity contribution in [3.8, 4) is 0 Å². The summed E-state index contributed by atoms with van der Waals surface area (Å²) in [6.45, 7) is 9.01. The first-order valence-electron chi connectivity index (χ1n) is 7.52. The summed E-state index contributed by atoms with van der Waals surface area (Å²) in [4.78, 5) is 2.91. The minimum Gasteiger partial charge on any atom is -0.300 e. The quantitative estimate of drug-likeness (QED) is 0.664. The normalized spacial score (nSPS) is 23.7. The van der Waals surface area contributed by atoms with Crippen molar-refractivity contribution < 1.29 is 0 Å². The second kappa shape index (κ2) is 5.70. The third-order valence-corrected chi connectivity index (χ3v) is 7.02. The number of rotatable bonds is 5. The lowest BCUT2D eigenvalue weighted by Gasteiger charge is -2.38. The number of hydrogen-bond donors (Lipinski definition) is 0. The molecule has 1 nitrogen and oxygen atoms in total. The van der Waals surface area contributed by atoms with E-state index in [4.69, 9.17) is 0 Å². The van der Waals surface area contributed by atoms with Gasteiger partial charge in [0.05, 0.1) is 8.07 Å². The van der Waals surface area contributed by atoms with E-state index in [9.17, 15) is 0 Å². The van der Waals surface area contributed by atoms with Crippen LogP contribution in [0.1, 0.15) is 51.4 Å². The summed E-state index contributed by atoms with van der Waals surface area (Å²) in [5.74, 6) is 0. The molecule has 0 unspecified atom stereocenters. The molecule has 17 heavy (non-hydrogen) atoms. The molecule has 0 radical (unpaired) electrons. The van der Waals surface area contributed by atoms with E-state index in [1.54, 1.807) is 0 Å². The largest absolute Gasteiger partial charge is 0.300 e. The second-order valence-corrected chi connectivity index (χ2v) is 11.4. The third kappa shape index (κ3) is 3.44. The Morgan fingerprint density at radius 2 is 1.41 bits per heavy atom. The van der Waals surface area contributed by atoms with Gasteiger partial charge in [0.25, 0.3) is 0 Å². The fourth-order valence-corrected chi connectivity index (χ4v) is 5.15. The van der Waals surface area contributed by atoms with Gasteiger partial charge >= 0.3 is 0 Å². The van der Waals surface area contributed by atoms with Gasteiger partial charge in [0.2, 0.25) is 0 Å². The highest BCUT2D eigenvalue weighted by Crippen LogP contribution is 2.32. The highest BCUT2D eigenvalue weighted by atomic mass is 28.3. The maximum absolute atomic E-state index is 4.07. The zero-order chi connectivity index (χ0) is 12.3. The Morgan fingerprint density at radius 3 is 1.76 bits per heavy atom. The molecule has 0 saturated heterocycles. The summed E-state index contributed by atoms with van der Waals surface area (Å²) >= 11 is 0. The van der Waals surface area contributed by atoms with Crippen molar-refractivity contribution in [1.82, 2.24) is 4.90 Å². The molecule has 0 aromatic heterocycles. The molecular weight excluding hydrogens is 222 g/mol. The summed E-state index contributed by atoms with van der Waals surface area (Å²) in [6.07, 6.45) is 13.0. The molecule has 2 fully saturated rings. The van der Waals surface area contributed by atoms with E-state index in [1.165, 1.54) is 57.5 Å². The van der Waals surface area contributed by atoms with Gasteiger partial charge in [0.1, 0.15) is 0 Å². The fraction of sp³-hybridized carbons (Fsp3) is 0.867. The monoisotopic (exact) mass is 251 g/mol. The molecular formula is C15H29NSi. The summed E-state index contributed by atoms with van der Waals surface area (Å²) in [5, 5.41) is 0. The van der Waals surface area contributed by atoms with E-state index in [2.05, 4.69) is 30.3 Å². The predicted octanol–water partition coefficient (Wildman–Crippen LogP) is 4.15. The van der Waals surface area contributed by atoms with Crippen LogP contribution in [0.15, 0.2) is 12.3 Å². The highest BCUT2D eigenvalue weighted by molar-refractivity contribution is 6.82. The van der Waals surface area contributed by atoms with Crippen LogP contribution in [0.25, 0.3) is 0 Å². The predicted molar refractivity (Wildman–Crippen MR) is 78.9 cm³/mol. The standard InChI is InChI=1S/C15H29NSi/c1-4-17(2,3)13-16(14-9-5-6-10-14)15-11-7-8-12-15/h4,14-15H,1,5-13H2,2-3H3. The Kier molecular flexibility index (Phi) is 4.48. The Hall–Kier alpha value is -0.0831. The molecule has 0 aromatic carbocycles. The number of hydrogen-bond acceptors (Lipinski definition) is 1. The molecule has 98 valence electrons. The van der Waals surface area contributed by atoms with Crippen LogP contribution in [-0.4, -0.2) is 31.2 Å². The third-order valence-electron chi connectivity index (χ3n) is 4.73. The van der Waals surface area contributed by atoms with E-state index < -0.39 is 8.07 Å². The summed E-state index contributed by atoms with van der Waals surface area (Å²) in [5.41, 5.74) is 2.28. The molecule has 0 aromatic rings. The Bertz CT molecular complexity index is 234. The van der Waals surface area contributed by atoms with Gasteiger partial charge in [-0.2, -0.15) is 0 Å². The van der Waals surface area contributed by atoms with Gasteiger partial charge in [-0.1, -0.05) is 38.8 Å².